The number of benzene rings is 1. The zero-order valence-corrected chi connectivity index (χ0v) is 10.4. The number of aromatic amines is 1. The van der Waals surface area contributed by atoms with Crippen LogP contribution in [0.25, 0.3) is 11.1 Å². The van der Waals surface area contributed by atoms with Gasteiger partial charge in [-0.05, 0) is 26.3 Å². The number of hydrogen-bond donors (Lipinski definition) is 3. The van der Waals surface area contributed by atoms with Crippen molar-refractivity contribution < 1.29 is 9.52 Å². The first-order chi connectivity index (χ1) is 8.46. The van der Waals surface area contributed by atoms with Crippen LogP contribution >= 0.6 is 0 Å². The lowest BCUT2D eigenvalue weighted by Crippen LogP contribution is -2.61. The Morgan fingerprint density at radius 3 is 2.89 bits per heavy atom. The van der Waals surface area contributed by atoms with E-state index in [-0.39, 0.29) is 11.6 Å². The molecule has 1 aliphatic rings. The molecular weight excluding hydrogens is 232 g/mol. The fourth-order valence-corrected chi connectivity index (χ4v) is 2.67. The van der Waals surface area contributed by atoms with Crippen molar-refractivity contribution in [2.24, 2.45) is 0 Å². The summed E-state index contributed by atoms with van der Waals surface area (Å²) in [7, 11) is 0. The zero-order chi connectivity index (χ0) is 12.9. The summed E-state index contributed by atoms with van der Waals surface area (Å²) in [5.74, 6) is -0.494. The molecule has 96 valence electrons. The van der Waals surface area contributed by atoms with Crippen molar-refractivity contribution in [3.63, 3.8) is 0 Å². The first-order valence-electron chi connectivity index (χ1n) is 6.04. The molecule has 1 saturated heterocycles. The summed E-state index contributed by atoms with van der Waals surface area (Å²) >= 11 is 0. The summed E-state index contributed by atoms with van der Waals surface area (Å²) in [6.45, 7) is 4.18. The highest BCUT2D eigenvalue weighted by Gasteiger charge is 2.40. The van der Waals surface area contributed by atoms with E-state index in [1.807, 2.05) is 0 Å². The molecule has 0 bridgehead atoms. The SMILES string of the molecule is CC1(C)C[C@H]([C@H](O)c2cccc3[nH]c(=O)oc23)N1. The van der Waals surface area contributed by atoms with Gasteiger partial charge in [-0.1, -0.05) is 12.1 Å². The van der Waals surface area contributed by atoms with Gasteiger partial charge in [0.15, 0.2) is 5.58 Å². The highest BCUT2D eigenvalue weighted by atomic mass is 16.4. The van der Waals surface area contributed by atoms with Gasteiger partial charge in [-0.3, -0.25) is 4.98 Å². The average molecular weight is 248 g/mol. The number of aliphatic hydroxyl groups excluding tert-OH is 1. The van der Waals surface area contributed by atoms with E-state index in [2.05, 4.69) is 24.1 Å². The van der Waals surface area contributed by atoms with Crippen LogP contribution in [0.3, 0.4) is 0 Å². The Balaban J connectivity index is 1.97. The van der Waals surface area contributed by atoms with Gasteiger partial charge in [0.25, 0.3) is 0 Å². The summed E-state index contributed by atoms with van der Waals surface area (Å²) < 4.78 is 5.09. The standard InChI is InChI=1S/C13H16N2O3/c1-13(2)6-9(15-13)10(16)7-4-3-5-8-11(7)18-12(17)14-8/h3-5,9-10,15-16H,6H2,1-2H3,(H,14,17)/t9-,10-/m1/s1. The van der Waals surface area contributed by atoms with Crippen molar-refractivity contribution in [3.8, 4) is 0 Å². The van der Waals surface area contributed by atoms with Crippen LogP contribution < -0.4 is 11.1 Å². The van der Waals surface area contributed by atoms with Crippen molar-refractivity contribution in [3.05, 3.63) is 34.3 Å². The lowest BCUT2D eigenvalue weighted by molar-refractivity contribution is 0.0393. The summed E-state index contributed by atoms with van der Waals surface area (Å²) in [6.07, 6.45) is 0.222. The maximum absolute atomic E-state index is 11.2. The van der Waals surface area contributed by atoms with Crippen molar-refractivity contribution in [1.29, 1.82) is 0 Å². The molecule has 3 rings (SSSR count). The van der Waals surface area contributed by atoms with E-state index in [0.717, 1.165) is 6.42 Å². The molecule has 2 atom stereocenters. The molecule has 0 unspecified atom stereocenters. The maximum atomic E-state index is 11.2. The highest BCUT2D eigenvalue weighted by Crippen LogP contribution is 2.34. The van der Waals surface area contributed by atoms with Crippen LogP contribution in [0.4, 0.5) is 0 Å². The molecule has 0 spiro atoms. The first kappa shape index (κ1) is 11.5. The third-order valence-electron chi connectivity index (χ3n) is 3.48. The Morgan fingerprint density at radius 1 is 1.50 bits per heavy atom. The molecule has 2 heterocycles. The first-order valence-corrected chi connectivity index (χ1v) is 6.04. The molecule has 2 aromatic rings. The number of rotatable bonds is 2. The normalized spacial score (nSPS) is 23.8. The van der Waals surface area contributed by atoms with Crippen LogP contribution in [0.15, 0.2) is 27.4 Å². The van der Waals surface area contributed by atoms with Crippen LogP contribution in [0.5, 0.6) is 0 Å². The molecule has 0 amide bonds. The zero-order valence-electron chi connectivity index (χ0n) is 10.4. The largest absolute Gasteiger partial charge is 0.417 e. The molecule has 1 aromatic carbocycles. The number of aromatic nitrogens is 1. The molecule has 5 heteroatoms. The van der Waals surface area contributed by atoms with E-state index in [1.54, 1.807) is 18.2 Å². The van der Waals surface area contributed by atoms with Gasteiger partial charge in [0.2, 0.25) is 0 Å². The van der Waals surface area contributed by atoms with Gasteiger partial charge in [0.05, 0.1) is 11.6 Å². The Bertz CT molecular complexity index is 633. The Labute approximate surface area is 104 Å². The van der Waals surface area contributed by atoms with E-state index in [9.17, 15) is 9.90 Å². The van der Waals surface area contributed by atoms with E-state index < -0.39 is 11.9 Å². The fourth-order valence-electron chi connectivity index (χ4n) is 2.67. The summed E-state index contributed by atoms with van der Waals surface area (Å²) in [4.78, 5) is 13.8. The average Bonchev–Trinajstić information content (AvgIpc) is 2.64. The predicted octanol–water partition coefficient (Wildman–Crippen LogP) is 1.29. The summed E-state index contributed by atoms with van der Waals surface area (Å²) in [5, 5.41) is 13.7. The predicted molar refractivity (Wildman–Crippen MR) is 67.4 cm³/mol. The molecule has 1 fully saturated rings. The number of H-pyrrole nitrogens is 1. The van der Waals surface area contributed by atoms with Crippen molar-refractivity contribution in [2.75, 3.05) is 0 Å². The third kappa shape index (κ3) is 1.76. The lowest BCUT2D eigenvalue weighted by atomic mass is 9.80. The van der Waals surface area contributed by atoms with E-state index >= 15 is 0 Å². The second-order valence-electron chi connectivity index (χ2n) is 5.52. The van der Waals surface area contributed by atoms with Gasteiger partial charge < -0.3 is 14.8 Å². The van der Waals surface area contributed by atoms with Crippen molar-refractivity contribution in [1.82, 2.24) is 10.3 Å². The minimum atomic E-state index is -0.666. The van der Waals surface area contributed by atoms with Crippen molar-refractivity contribution >= 4 is 11.1 Å². The second kappa shape index (κ2) is 3.70. The smallest absolute Gasteiger partial charge is 0.407 e. The summed E-state index contributed by atoms with van der Waals surface area (Å²) in [5.41, 5.74) is 1.79. The number of hydrogen-bond acceptors (Lipinski definition) is 4. The maximum Gasteiger partial charge on any atom is 0.417 e. The van der Waals surface area contributed by atoms with Crippen LogP contribution in [0.2, 0.25) is 0 Å². The fraction of sp³-hybridized carbons (Fsp3) is 0.462. The van der Waals surface area contributed by atoms with Gasteiger partial charge in [-0.2, -0.15) is 0 Å². The van der Waals surface area contributed by atoms with Crippen LogP contribution in [-0.4, -0.2) is 21.7 Å². The second-order valence-corrected chi connectivity index (χ2v) is 5.52. The molecule has 5 nitrogen and oxygen atoms in total. The molecule has 0 saturated carbocycles. The Kier molecular flexibility index (Phi) is 2.36. The quantitative estimate of drug-likeness (QED) is 0.748. The number of fused-ring (bicyclic) bond motifs is 1. The van der Waals surface area contributed by atoms with Crippen LogP contribution in [-0.2, 0) is 0 Å². The molecule has 18 heavy (non-hydrogen) atoms. The lowest BCUT2D eigenvalue weighted by Gasteiger charge is -2.46. The topological polar surface area (TPSA) is 78.3 Å². The van der Waals surface area contributed by atoms with Gasteiger partial charge >= 0.3 is 5.76 Å². The minimum absolute atomic E-state index is 0.00537. The van der Waals surface area contributed by atoms with Gasteiger partial charge in [-0.15, -0.1) is 0 Å². The van der Waals surface area contributed by atoms with Gasteiger partial charge in [0, 0.05) is 17.1 Å². The van der Waals surface area contributed by atoms with E-state index in [1.165, 1.54) is 0 Å². The van der Waals surface area contributed by atoms with Gasteiger partial charge in [0.1, 0.15) is 0 Å². The molecule has 3 N–H and O–H groups in total. The summed E-state index contributed by atoms with van der Waals surface area (Å²) in [6, 6.07) is 5.35. The van der Waals surface area contributed by atoms with E-state index in [4.69, 9.17) is 4.42 Å². The number of oxazole rings is 1. The minimum Gasteiger partial charge on any atom is -0.407 e. The molecule has 1 aromatic heterocycles. The molecular formula is C13H16N2O3. The number of nitrogens with one attached hydrogen (secondary N) is 2. The molecule has 0 aliphatic carbocycles. The van der Waals surface area contributed by atoms with Crippen LogP contribution in [0.1, 0.15) is 31.9 Å². The molecule has 0 radical (unpaired) electrons. The van der Waals surface area contributed by atoms with Crippen molar-refractivity contribution in [2.45, 2.75) is 38.0 Å². The third-order valence-corrected chi connectivity index (χ3v) is 3.48. The van der Waals surface area contributed by atoms with Gasteiger partial charge in [-0.25, -0.2) is 4.79 Å². The Hall–Kier alpha value is -1.59. The molecule has 1 aliphatic heterocycles. The Morgan fingerprint density at radius 2 is 2.22 bits per heavy atom. The van der Waals surface area contributed by atoms with Crippen LogP contribution in [0, 0.1) is 0 Å². The number of aliphatic hydroxyl groups is 1. The van der Waals surface area contributed by atoms with E-state index in [0.29, 0.717) is 16.7 Å². The monoisotopic (exact) mass is 248 g/mol. The highest BCUT2D eigenvalue weighted by molar-refractivity contribution is 5.76. The number of para-hydroxylation sites is 1.